The standard InChI is InChI=1S/C7H10N2O3S/c1-4(10)8-9-6-3-13-7(6)12-5(2)11/h7H,3H2,1-2H3,(H,8,10)/b9-6-. The van der Waals surface area contributed by atoms with Crippen molar-refractivity contribution in [3.05, 3.63) is 0 Å². The molecular formula is C7H10N2O3S. The topological polar surface area (TPSA) is 67.8 Å². The van der Waals surface area contributed by atoms with Gasteiger partial charge in [0.15, 0.2) is 5.44 Å². The number of hydrogen-bond acceptors (Lipinski definition) is 5. The molecule has 0 aromatic carbocycles. The molecule has 0 bridgehead atoms. The molecule has 1 aliphatic rings. The molecule has 1 amide bonds. The van der Waals surface area contributed by atoms with Crippen molar-refractivity contribution >= 4 is 29.4 Å². The maximum absolute atomic E-state index is 10.6. The fourth-order valence-corrected chi connectivity index (χ4v) is 1.49. The lowest BCUT2D eigenvalue weighted by Gasteiger charge is -2.26. The number of amides is 1. The number of nitrogens with zero attached hydrogens (tertiary/aromatic N) is 1. The molecule has 0 aromatic heterocycles. The largest absolute Gasteiger partial charge is 0.445 e. The van der Waals surface area contributed by atoms with Crippen LogP contribution in [0.3, 0.4) is 0 Å². The molecule has 1 aliphatic heterocycles. The van der Waals surface area contributed by atoms with Gasteiger partial charge in [-0.2, -0.15) is 5.10 Å². The second-order valence-electron chi connectivity index (χ2n) is 2.52. The normalized spacial score (nSPS) is 23.5. The Morgan fingerprint density at radius 1 is 1.62 bits per heavy atom. The van der Waals surface area contributed by atoms with Crippen LogP contribution in [0.2, 0.25) is 0 Å². The summed E-state index contributed by atoms with van der Waals surface area (Å²) in [5, 5.41) is 3.78. The van der Waals surface area contributed by atoms with Gasteiger partial charge in [0.25, 0.3) is 0 Å². The van der Waals surface area contributed by atoms with Gasteiger partial charge >= 0.3 is 5.97 Å². The van der Waals surface area contributed by atoms with Crippen molar-refractivity contribution in [3.8, 4) is 0 Å². The smallest absolute Gasteiger partial charge is 0.304 e. The quantitative estimate of drug-likeness (QED) is 0.510. The average molecular weight is 202 g/mol. The van der Waals surface area contributed by atoms with E-state index in [2.05, 4.69) is 10.5 Å². The Kier molecular flexibility index (Phi) is 3.30. The van der Waals surface area contributed by atoms with Crippen molar-refractivity contribution in [2.45, 2.75) is 19.3 Å². The maximum atomic E-state index is 10.6. The highest BCUT2D eigenvalue weighted by atomic mass is 32.2. The predicted octanol–water partition coefficient (Wildman–Crippen LogP) is 0.114. The zero-order chi connectivity index (χ0) is 9.84. The lowest BCUT2D eigenvalue weighted by atomic mass is 10.4. The van der Waals surface area contributed by atoms with Crippen molar-refractivity contribution in [2.75, 3.05) is 5.75 Å². The van der Waals surface area contributed by atoms with E-state index in [-0.39, 0.29) is 17.3 Å². The minimum absolute atomic E-state index is 0.231. The third-order valence-electron chi connectivity index (χ3n) is 1.28. The molecule has 5 nitrogen and oxygen atoms in total. The van der Waals surface area contributed by atoms with Gasteiger partial charge in [0.05, 0.1) is 5.71 Å². The summed E-state index contributed by atoms with van der Waals surface area (Å²) in [6.45, 7) is 2.71. The molecule has 1 unspecified atom stereocenters. The summed E-state index contributed by atoms with van der Waals surface area (Å²) < 4.78 is 4.87. The van der Waals surface area contributed by atoms with Crippen LogP contribution in [0.5, 0.6) is 0 Å². The molecular weight excluding hydrogens is 192 g/mol. The molecule has 0 saturated carbocycles. The molecule has 0 aliphatic carbocycles. The van der Waals surface area contributed by atoms with Crippen molar-refractivity contribution in [3.63, 3.8) is 0 Å². The zero-order valence-corrected chi connectivity index (χ0v) is 8.18. The Morgan fingerprint density at radius 3 is 2.69 bits per heavy atom. The second-order valence-corrected chi connectivity index (χ2v) is 3.57. The van der Waals surface area contributed by atoms with Crippen LogP contribution in [0, 0.1) is 0 Å². The highest BCUT2D eigenvalue weighted by Crippen LogP contribution is 2.26. The van der Waals surface area contributed by atoms with Crippen LogP contribution in [0.15, 0.2) is 5.10 Å². The van der Waals surface area contributed by atoms with E-state index >= 15 is 0 Å². The first-order chi connectivity index (χ1) is 6.09. The summed E-state index contributed by atoms with van der Waals surface area (Å²) in [5.74, 6) is 0.122. The highest BCUT2D eigenvalue weighted by Gasteiger charge is 2.30. The summed E-state index contributed by atoms with van der Waals surface area (Å²) in [7, 11) is 0. The Bertz CT molecular complexity index is 264. The van der Waals surface area contributed by atoms with E-state index in [4.69, 9.17) is 4.74 Å². The van der Waals surface area contributed by atoms with E-state index in [1.807, 2.05) is 0 Å². The first-order valence-corrected chi connectivity index (χ1v) is 4.76. The van der Waals surface area contributed by atoms with Crippen molar-refractivity contribution in [1.29, 1.82) is 0 Å². The molecule has 1 atom stereocenters. The van der Waals surface area contributed by atoms with Crippen LogP contribution in [0.25, 0.3) is 0 Å². The lowest BCUT2D eigenvalue weighted by Crippen LogP contribution is -2.36. The predicted molar refractivity (Wildman–Crippen MR) is 49.3 cm³/mol. The monoisotopic (exact) mass is 202 g/mol. The van der Waals surface area contributed by atoms with Crippen molar-refractivity contribution in [1.82, 2.24) is 5.43 Å². The first kappa shape index (κ1) is 10.0. The van der Waals surface area contributed by atoms with Gasteiger partial charge < -0.3 is 4.74 Å². The van der Waals surface area contributed by atoms with Gasteiger partial charge in [-0.25, -0.2) is 5.43 Å². The fraction of sp³-hybridized carbons (Fsp3) is 0.571. The molecule has 72 valence electrons. The third-order valence-corrected chi connectivity index (χ3v) is 2.42. The second kappa shape index (κ2) is 4.27. The van der Waals surface area contributed by atoms with Gasteiger partial charge in [-0.3, -0.25) is 9.59 Å². The summed E-state index contributed by atoms with van der Waals surface area (Å²) in [5.41, 5.74) is 2.67. The van der Waals surface area contributed by atoms with Crippen molar-refractivity contribution < 1.29 is 14.3 Å². The number of thioether (sulfide) groups is 1. The van der Waals surface area contributed by atoms with Gasteiger partial charge in [0, 0.05) is 19.6 Å². The molecule has 6 heteroatoms. The summed E-state index contributed by atoms with van der Waals surface area (Å²) in [6, 6.07) is 0. The molecule has 0 radical (unpaired) electrons. The number of nitrogens with one attached hydrogen (secondary N) is 1. The van der Waals surface area contributed by atoms with Gasteiger partial charge in [-0.05, 0) is 0 Å². The Hall–Kier alpha value is -1.04. The Balaban J connectivity index is 2.39. The van der Waals surface area contributed by atoms with E-state index < -0.39 is 0 Å². The molecule has 1 saturated heterocycles. The number of ether oxygens (including phenoxy) is 1. The number of carbonyl (C=O) groups excluding carboxylic acids is 2. The number of hydrogen-bond donors (Lipinski definition) is 1. The fourth-order valence-electron chi connectivity index (χ4n) is 0.714. The van der Waals surface area contributed by atoms with Gasteiger partial charge in [0.2, 0.25) is 5.91 Å². The summed E-state index contributed by atoms with van der Waals surface area (Å²) in [6.07, 6.45) is 0. The van der Waals surface area contributed by atoms with E-state index in [1.165, 1.54) is 25.6 Å². The average Bonchev–Trinajstić information content (AvgIpc) is 1.98. The Labute approximate surface area is 79.9 Å². The summed E-state index contributed by atoms with van der Waals surface area (Å²) in [4.78, 5) is 21.0. The molecule has 1 rings (SSSR count). The van der Waals surface area contributed by atoms with Crippen LogP contribution in [-0.4, -0.2) is 28.8 Å². The van der Waals surface area contributed by atoms with Crippen LogP contribution < -0.4 is 5.43 Å². The number of carbonyl (C=O) groups is 2. The number of rotatable bonds is 2. The van der Waals surface area contributed by atoms with Gasteiger partial charge in [0.1, 0.15) is 0 Å². The maximum Gasteiger partial charge on any atom is 0.304 e. The van der Waals surface area contributed by atoms with E-state index in [9.17, 15) is 9.59 Å². The van der Waals surface area contributed by atoms with E-state index in [0.29, 0.717) is 11.5 Å². The molecule has 0 spiro atoms. The van der Waals surface area contributed by atoms with Crippen LogP contribution in [0.4, 0.5) is 0 Å². The van der Waals surface area contributed by atoms with Crippen LogP contribution in [0.1, 0.15) is 13.8 Å². The minimum Gasteiger partial charge on any atom is -0.445 e. The van der Waals surface area contributed by atoms with Crippen molar-refractivity contribution in [2.24, 2.45) is 5.10 Å². The number of hydrazone groups is 1. The first-order valence-electron chi connectivity index (χ1n) is 3.71. The van der Waals surface area contributed by atoms with E-state index in [1.54, 1.807) is 0 Å². The Morgan fingerprint density at radius 2 is 2.31 bits per heavy atom. The number of esters is 1. The van der Waals surface area contributed by atoms with Gasteiger partial charge in [-0.15, -0.1) is 11.8 Å². The highest BCUT2D eigenvalue weighted by molar-refractivity contribution is 8.03. The molecule has 1 fully saturated rings. The van der Waals surface area contributed by atoms with Crippen LogP contribution in [-0.2, 0) is 14.3 Å². The molecule has 0 aromatic rings. The molecule has 13 heavy (non-hydrogen) atoms. The third kappa shape index (κ3) is 3.06. The SMILES string of the molecule is CC(=O)N/N=C1/CSC1OC(C)=O. The zero-order valence-electron chi connectivity index (χ0n) is 7.36. The van der Waals surface area contributed by atoms with Gasteiger partial charge in [-0.1, -0.05) is 0 Å². The molecule has 1 N–H and O–H groups in total. The molecule has 1 heterocycles. The lowest BCUT2D eigenvalue weighted by molar-refractivity contribution is -0.140. The van der Waals surface area contributed by atoms with E-state index in [0.717, 1.165) is 0 Å². The summed E-state index contributed by atoms with van der Waals surface area (Å²) >= 11 is 1.47. The van der Waals surface area contributed by atoms with Crippen LogP contribution >= 0.6 is 11.8 Å². The minimum atomic E-state index is -0.340.